The fraction of sp³-hybridized carbons (Fsp3) is 0.360. The highest BCUT2D eigenvalue weighted by atomic mass is 16.5. The molecule has 4 rings (SSSR count). The minimum atomic E-state index is -0.743. The molecule has 1 aromatic carbocycles. The molecule has 2 aromatic rings. The van der Waals surface area contributed by atoms with Crippen molar-refractivity contribution in [1.82, 2.24) is 9.80 Å². The number of morpholine rings is 1. The molecule has 8 heteroatoms. The first-order valence-corrected chi connectivity index (χ1v) is 11.1. The van der Waals surface area contributed by atoms with Crippen LogP contribution in [0, 0.1) is 0 Å². The summed E-state index contributed by atoms with van der Waals surface area (Å²) in [5.74, 6) is -0.948. The number of aliphatic hydroxyl groups excluding tert-OH is 1. The van der Waals surface area contributed by atoms with Gasteiger partial charge in [0.25, 0.3) is 5.91 Å². The average molecular weight is 453 g/mol. The molecule has 33 heavy (non-hydrogen) atoms. The third-order valence-corrected chi connectivity index (χ3v) is 5.81. The Morgan fingerprint density at radius 2 is 2.03 bits per heavy atom. The molecule has 1 fully saturated rings. The lowest BCUT2D eigenvalue weighted by atomic mass is 9.95. The molecular formula is C25H28N2O6. The van der Waals surface area contributed by atoms with Crippen LogP contribution >= 0.6 is 0 Å². The summed E-state index contributed by atoms with van der Waals surface area (Å²) in [6.07, 6.45) is 3.73. The number of amides is 1. The van der Waals surface area contributed by atoms with Crippen LogP contribution < -0.4 is 4.74 Å². The zero-order valence-corrected chi connectivity index (χ0v) is 18.4. The Bertz CT molecular complexity index is 1020. The molecule has 1 aromatic heterocycles. The Labute approximate surface area is 192 Å². The SMILES string of the molecule is C=CCOc1cccc([C@@H]2C(C(=O)c3ccco3)=C(O)C(=O)N2CCCN2CCOCC2)c1. The molecule has 0 saturated carbocycles. The standard InChI is InChI=1S/C25H28N2O6/c1-2-13-32-19-7-3-6-18(17-19)22-21(23(28)20-8-4-14-33-20)24(29)25(30)27(22)10-5-9-26-11-15-31-16-12-26/h2-4,6-8,14,17,22,29H,1,5,9-13,15-16H2/t22-/m1/s1. The number of nitrogens with zero attached hydrogens (tertiary/aromatic N) is 2. The van der Waals surface area contributed by atoms with Gasteiger partial charge in [0.05, 0.1) is 31.1 Å². The maximum atomic E-state index is 13.2. The van der Waals surface area contributed by atoms with Crippen LogP contribution in [0.2, 0.25) is 0 Å². The van der Waals surface area contributed by atoms with Crippen molar-refractivity contribution in [3.63, 3.8) is 0 Å². The van der Waals surface area contributed by atoms with Crippen LogP contribution in [0.3, 0.4) is 0 Å². The van der Waals surface area contributed by atoms with Crippen molar-refractivity contribution in [3.05, 3.63) is 78.0 Å². The first kappa shape index (κ1) is 22.8. The topological polar surface area (TPSA) is 92.5 Å². The monoisotopic (exact) mass is 452 g/mol. The number of hydrogen-bond donors (Lipinski definition) is 1. The van der Waals surface area contributed by atoms with Crippen LogP contribution in [0.25, 0.3) is 0 Å². The minimum Gasteiger partial charge on any atom is -0.503 e. The van der Waals surface area contributed by atoms with Gasteiger partial charge in [-0.15, -0.1) is 0 Å². The summed E-state index contributed by atoms with van der Waals surface area (Å²) in [7, 11) is 0. The van der Waals surface area contributed by atoms with E-state index in [9.17, 15) is 14.7 Å². The Hall–Kier alpha value is -3.36. The number of benzene rings is 1. The number of furan rings is 1. The molecule has 0 unspecified atom stereocenters. The largest absolute Gasteiger partial charge is 0.503 e. The summed E-state index contributed by atoms with van der Waals surface area (Å²) in [4.78, 5) is 30.1. The Balaban J connectivity index is 1.61. The lowest BCUT2D eigenvalue weighted by molar-refractivity contribution is -0.129. The number of carbonyl (C=O) groups is 2. The zero-order chi connectivity index (χ0) is 23.2. The molecule has 2 aliphatic rings. The molecule has 1 atom stereocenters. The second kappa shape index (κ2) is 10.5. The van der Waals surface area contributed by atoms with Gasteiger partial charge >= 0.3 is 0 Å². The van der Waals surface area contributed by atoms with Crippen molar-refractivity contribution >= 4 is 11.7 Å². The van der Waals surface area contributed by atoms with E-state index in [0.29, 0.717) is 44.1 Å². The summed E-state index contributed by atoms with van der Waals surface area (Å²) in [5.41, 5.74) is 0.692. The van der Waals surface area contributed by atoms with Gasteiger partial charge < -0.3 is 23.9 Å². The van der Waals surface area contributed by atoms with Crippen molar-refractivity contribution in [2.45, 2.75) is 12.5 Å². The molecule has 0 aliphatic carbocycles. The Morgan fingerprint density at radius 1 is 1.21 bits per heavy atom. The molecule has 1 amide bonds. The minimum absolute atomic E-state index is 0.0159. The normalized spacial score (nSPS) is 19.2. The number of ether oxygens (including phenoxy) is 2. The van der Waals surface area contributed by atoms with E-state index in [1.807, 2.05) is 6.07 Å². The van der Waals surface area contributed by atoms with Crippen molar-refractivity contribution < 1.29 is 28.6 Å². The molecule has 2 aliphatic heterocycles. The fourth-order valence-corrected chi connectivity index (χ4v) is 4.22. The van der Waals surface area contributed by atoms with Crippen molar-refractivity contribution in [2.75, 3.05) is 46.0 Å². The molecule has 8 nitrogen and oxygen atoms in total. The average Bonchev–Trinajstić information content (AvgIpc) is 3.46. The molecule has 0 bridgehead atoms. The Kier molecular flexibility index (Phi) is 7.26. The molecule has 0 radical (unpaired) electrons. The van der Waals surface area contributed by atoms with E-state index < -0.39 is 23.5 Å². The smallest absolute Gasteiger partial charge is 0.290 e. The van der Waals surface area contributed by atoms with Crippen LogP contribution in [-0.4, -0.2) is 72.6 Å². The number of Topliss-reactive ketones (excluding diaryl/α,β-unsaturated/α-hetero) is 1. The molecule has 1 N–H and O–H groups in total. The van der Waals surface area contributed by atoms with Gasteiger partial charge in [-0.05, 0) is 36.2 Å². The van der Waals surface area contributed by atoms with Gasteiger partial charge in [-0.25, -0.2) is 0 Å². The third kappa shape index (κ3) is 5.02. The zero-order valence-electron chi connectivity index (χ0n) is 18.4. The van der Waals surface area contributed by atoms with Crippen LogP contribution in [0.1, 0.15) is 28.6 Å². The van der Waals surface area contributed by atoms with Gasteiger partial charge in [0.15, 0.2) is 11.5 Å². The third-order valence-electron chi connectivity index (χ3n) is 5.81. The van der Waals surface area contributed by atoms with Crippen LogP contribution in [0.5, 0.6) is 5.75 Å². The summed E-state index contributed by atoms with van der Waals surface area (Å²) in [6.45, 7) is 8.28. The van der Waals surface area contributed by atoms with E-state index in [2.05, 4.69) is 11.5 Å². The second-order valence-electron chi connectivity index (χ2n) is 7.95. The van der Waals surface area contributed by atoms with E-state index >= 15 is 0 Å². The van der Waals surface area contributed by atoms with Crippen molar-refractivity contribution in [1.29, 1.82) is 0 Å². The number of rotatable bonds is 10. The van der Waals surface area contributed by atoms with Gasteiger partial charge in [0, 0.05) is 26.2 Å². The number of aliphatic hydroxyl groups is 1. The van der Waals surface area contributed by atoms with Gasteiger partial charge in [-0.2, -0.15) is 0 Å². The lowest BCUT2D eigenvalue weighted by Crippen LogP contribution is -2.39. The van der Waals surface area contributed by atoms with E-state index in [1.165, 1.54) is 12.3 Å². The van der Waals surface area contributed by atoms with E-state index in [-0.39, 0.29) is 11.3 Å². The summed E-state index contributed by atoms with van der Waals surface area (Å²) in [5, 5.41) is 10.7. The van der Waals surface area contributed by atoms with Gasteiger partial charge in [-0.1, -0.05) is 24.8 Å². The highest BCUT2D eigenvalue weighted by Gasteiger charge is 2.44. The number of ketones is 1. The summed E-state index contributed by atoms with van der Waals surface area (Å²) < 4.78 is 16.3. The van der Waals surface area contributed by atoms with Gasteiger partial charge in [0.2, 0.25) is 5.78 Å². The molecule has 3 heterocycles. The number of carbonyl (C=O) groups excluding carboxylic acids is 2. The molecule has 0 spiro atoms. The van der Waals surface area contributed by atoms with Gasteiger partial charge in [0.1, 0.15) is 12.4 Å². The second-order valence-corrected chi connectivity index (χ2v) is 7.95. The van der Waals surface area contributed by atoms with Gasteiger partial charge in [-0.3, -0.25) is 14.5 Å². The predicted octanol–water partition coefficient (Wildman–Crippen LogP) is 3.15. The van der Waals surface area contributed by atoms with E-state index in [0.717, 1.165) is 19.6 Å². The highest BCUT2D eigenvalue weighted by Crippen LogP contribution is 2.40. The Morgan fingerprint density at radius 3 is 2.76 bits per heavy atom. The van der Waals surface area contributed by atoms with Crippen LogP contribution in [0.4, 0.5) is 0 Å². The quantitative estimate of drug-likeness (QED) is 0.437. The van der Waals surface area contributed by atoms with Crippen molar-refractivity contribution in [3.8, 4) is 5.75 Å². The maximum Gasteiger partial charge on any atom is 0.290 e. The molecular weight excluding hydrogens is 424 g/mol. The first-order valence-electron chi connectivity index (χ1n) is 11.1. The molecule has 174 valence electrons. The van der Waals surface area contributed by atoms with E-state index in [1.54, 1.807) is 35.2 Å². The van der Waals surface area contributed by atoms with Crippen LogP contribution in [0.15, 0.2) is 71.1 Å². The fourth-order valence-electron chi connectivity index (χ4n) is 4.22. The maximum absolute atomic E-state index is 13.2. The number of hydrogen-bond acceptors (Lipinski definition) is 7. The molecule has 1 saturated heterocycles. The first-order chi connectivity index (χ1) is 16.1. The summed E-state index contributed by atoms with van der Waals surface area (Å²) >= 11 is 0. The van der Waals surface area contributed by atoms with E-state index in [4.69, 9.17) is 13.9 Å². The van der Waals surface area contributed by atoms with Crippen molar-refractivity contribution in [2.24, 2.45) is 0 Å². The predicted molar refractivity (Wildman–Crippen MR) is 121 cm³/mol. The highest BCUT2D eigenvalue weighted by molar-refractivity contribution is 6.15. The van der Waals surface area contributed by atoms with Crippen LogP contribution in [-0.2, 0) is 9.53 Å². The lowest BCUT2D eigenvalue weighted by Gasteiger charge is -2.30. The summed E-state index contributed by atoms with van der Waals surface area (Å²) in [6, 6.07) is 9.58.